The van der Waals surface area contributed by atoms with Gasteiger partial charge in [-0.3, -0.25) is 24.6 Å². The number of rotatable bonds is 5. The van der Waals surface area contributed by atoms with E-state index < -0.39 is 17.6 Å². The van der Waals surface area contributed by atoms with Gasteiger partial charge < -0.3 is 19.5 Å². The van der Waals surface area contributed by atoms with Gasteiger partial charge in [0.15, 0.2) is 0 Å². The van der Waals surface area contributed by atoms with E-state index >= 15 is 0 Å². The van der Waals surface area contributed by atoms with Crippen LogP contribution in [0.15, 0.2) is 18.2 Å². The molecule has 5 aliphatic rings. The summed E-state index contributed by atoms with van der Waals surface area (Å²) in [4.78, 5) is 40.8. The molecule has 9 heteroatoms. The van der Waals surface area contributed by atoms with Crippen LogP contribution in [0.2, 0.25) is 0 Å². The number of hydrogen-bond donors (Lipinski definition) is 2. The van der Waals surface area contributed by atoms with Crippen molar-refractivity contribution in [3.63, 3.8) is 0 Å². The van der Waals surface area contributed by atoms with Crippen LogP contribution in [0.1, 0.15) is 67.3 Å². The molecule has 0 radical (unpaired) electrons. The molecule has 1 aromatic carbocycles. The average Bonchev–Trinajstić information content (AvgIpc) is 3.18. The van der Waals surface area contributed by atoms with Gasteiger partial charge in [-0.05, 0) is 68.2 Å². The lowest BCUT2D eigenvalue weighted by Gasteiger charge is -2.56. The number of carbonyl (C=O) groups excluding carboxylic acids is 3. The van der Waals surface area contributed by atoms with E-state index in [1.807, 2.05) is 12.1 Å². The Bertz CT molecular complexity index is 1050. The molecule has 4 fully saturated rings. The molecule has 3 atom stereocenters. The van der Waals surface area contributed by atoms with Crippen LogP contribution in [-0.2, 0) is 20.9 Å². The number of aliphatic hydroxyl groups is 1. The third kappa shape index (κ3) is 4.31. The van der Waals surface area contributed by atoms with Crippen molar-refractivity contribution >= 4 is 17.7 Å². The average molecular weight is 498 g/mol. The fourth-order valence-electron chi connectivity index (χ4n) is 6.82. The van der Waals surface area contributed by atoms with Gasteiger partial charge in [0.2, 0.25) is 11.8 Å². The lowest BCUT2D eigenvalue weighted by Crippen LogP contribution is -2.70. The second-order valence-electron chi connectivity index (χ2n) is 11.1. The summed E-state index contributed by atoms with van der Waals surface area (Å²) >= 11 is 0. The van der Waals surface area contributed by atoms with Crippen molar-refractivity contribution in [3.8, 4) is 5.75 Å². The lowest BCUT2D eigenvalue weighted by atomic mass is 9.74. The quantitative estimate of drug-likeness (QED) is 0.595. The Morgan fingerprint density at radius 2 is 1.81 bits per heavy atom. The van der Waals surface area contributed by atoms with E-state index in [2.05, 4.69) is 10.2 Å². The van der Waals surface area contributed by atoms with Gasteiger partial charge in [0.1, 0.15) is 17.9 Å². The molecule has 3 amide bonds. The summed E-state index contributed by atoms with van der Waals surface area (Å²) in [5.74, 6) is 0.195. The maximum absolute atomic E-state index is 13.0. The number of β-amino-alcohol motifs (C(OH)–C–C–N with tert-alkyl or cyclic N) is 1. The Labute approximate surface area is 211 Å². The minimum Gasteiger partial charge on any atom is -0.489 e. The zero-order valence-electron chi connectivity index (χ0n) is 20.6. The van der Waals surface area contributed by atoms with Crippen molar-refractivity contribution in [3.05, 3.63) is 29.3 Å². The van der Waals surface area contributed by atoms with Gasteiger partial charge in [0.25, 0.3) is 5.91 Å². The third-order valence-electron chi connectivity index (χ3n) is 8.85. The summed E-state index contributed by atoms with van der Waals surface area (Å²) < 4.78 is 12.0. The first-order chi connectivity index (χ1) is 17.4. The van der Waals surface area contributed by atoms with Gasteiger partial charge in [-0.1, -0.05) is 6.42 Å². The van der Waals surface area contributed by atoms with Gasteiger partial charge in [-0.15, -0.1) is 0 Å². The minimum atomic E-state index is -0.615. The van der Waals surface area contributed by atoms with E-state index in [0.717, 1.165) is 63.1 Å². The SMILES string of the molecule is O=C1CCC(N2Cc3cc(O[C@H]4CCCC[C@@H]4N4CC(O)(C5CCOCC5)C4)ccc3C2=O)C(=O)N1. The largest absolute Gasteiger partial charge is 0.489 e. The molecule has 2 N–H and O–H groups in total. The first-order valence-electron chi connectivity index (χ1n) is 13.4. The van der Waals surface area contributed by atoms with Gasteiger partial charge in [0, 0.05) is 50.9 Å². The Morgan fingerprint density at radius 3 is 2.58 bits per heavy atom. The second kappa shape index (κ2) is 9.43. The lowest BCUT2D eigenvalue weighted by molar-refractivity contribution is -0.178. The van der Waals surface area contributed by atoms with E-state index in [1.54, 1.807) is 11.0 Å². The highest BCUT2D eigenvalue weighted by Gasteiger charge is 2.51. The third-order valence-corrected chi connectivity index (χ3v) is 8.85. The summed E-state index contributed by atoms with van der Waals surface area (Å²) in [5, 5.41) is 13.5. The molecule has 194 valence electrons. The molecule has 9 nitrogen and oxygen atoms in total. The molecule has 1 saturated carbocycles. The van der Waals surface area contributed by atoms with Crippen LogP contribution >= 0.6 is 0 Å². The summed E-state index contributed by atoms with van der Waals surface area (Å²) in [7, 11) is 0. The molecule has 0 aromatic heterocycles. The molecule has 1 aromatic rings. The fourth-order valence-corrected chi connectivity index (χ4v) is 6.82. The predicted molar refractivity (Wildman–Crippen MR) is 129 cm³/mol. The molecule has 0 bridgehead atoms. The first-order valence-corrected chi connectivity index (χ1v) is 13.4. The standard InChI is InChI=1S/C27H35N3O6/c31-24-8-7-22(25(32)28-24)30-14-17-13-19(5-6-20(17)26(30)33)36-23-4-2-1-3-21(23)29-15-27(34,16-29)18-9-11-35-12-10-18/h5-6,13,18,21-23,34H,1-4,7-12,14-16H2,(H,28,31,32)/t21-,22?,23-/m0/s1. The number of piperidine rings is 1. The number of likely N-dealkylation sites (tertiary alicyclic amines) is 1. The van der Waals surface area contributed by atoms with Gasteiger partial charge in [-0.25, -0.2) is 0 Å². The van der Waals surface area contributed by atoms with E-state index in [0.29, 0.717) is 37.5 Å². The number of benzene rings is 1. The van der Waals surface area contributed by atoms with E-state index in [1.165, 1.54) is 0 Å². The van der Waals surface area contributed by atoms with Crippen LogP contribution in [0.4, 0.5) is 0 Å². The maximum atomic E-state index is 13.0. The number of ether oxygens (including phenoxy) is 2. The molecular formula is C27H35N3O6. The van der Waals surface area contributed by atoms with Crippen molar-refractivity contribution in [2.75, 3.05) is 26.3 Å². The Kier molecular flexibility index (Phi) is 6.25. The van der Waals surface area contributed by atoms with Crippen LogP contribution in [0.5, 0.6) is 5.75 Å². The van der Waals surface area contributed by atoms with Gasteiger partial charge >= 0.3 is 0 Å². The van der Waals surface area contributed by atoms with Crippen LogP contribution in [-0.4, -0.2) is 82.7 Å². The minimum absolute atomic E-state index is 0.0411. The number of carbonyl (C=O) groups is 3. The van der Waals surface area contributed by atoms with Gasteiger partial charge in [-0.2, -0.15) is 0 Å². The van der Waals surface area contributed by atoms with Crippen molar-refractivity contribution < 1.29 is 29.0 Å². The normalized spacial score (nSPS) is 31.1. The van der Waals surface area contributed by atoms with E-state index in [9.17, 15) is 19.5 Å². The van der Waals surface area contributed by atoms with Crippen LogP contribution < -0.4 is 10.1 Å². The maximum Gasteiger partial charge on any atom is 0.255 e. The fraction of sp³-hybridized carbons (Fsp3) is 0.667. The highest BCUT2D eigenvalue weighted by molar-refractivity contribution is 6.05. The first kappa shape index (κ1) is 23.9. The monoisotopic (exact) mass is 497 g/mol. The van der Waals surface area contributed by atoms with E-state index in [-0.39, 0.29) is 30.4 Å². The van der Waals surface area contributed by atoms with Crippen LogP contribution in [0.25, 0.3) is 0 Å². The Hall–Kier alpha value is -2.49. The molecule has 36 heavy (non-hydrogen) atoms. The van der Waals surface area contributed by atoms with Crippen molar-refractivity contribution in [1.82, 2.24) is 15.1 Å². The molecule has 6 rings (SSSR count). The zero-order chi connectivity index (χ0) is 24.9. The van der Waals surface area contributed by atoms with Crippen molar-refractivity contribution in [2.24, 2.45) is 5.92 Å². The molecule has 4 aliphatic heterocycles. The summed E-state index contributed by atoms with van der Waals surface area (Å²) in [5.41, 5.74) is 0.836. The highest BCUT2D eigenvalue weighted by atomic mass is 16.5. The van der Waals surface area contributed by atoms with Gasteiger partial charge in [0.05, 0.1) is 5.60 Å². The zero-order valence-corrected chi connectivity index (χ0v) is 20.6. The van der Waals surface area contributed by atoms with Crippen molar-refractivity contribution in [1.29, 1.82) is 0 Å². The highest BCUT2D eigenvalue weighted by Crippen LogP contribution is 2.40. The predicted octanol–water partition coefficient (Wildman–Crippen LogP) is 1.61. The smallest absolute Gasteiger partial charge is 0.255 e. The summed E-state index contributed by atoms with van der Waals surface area (Å²) in [6.07, 6.45) is 6.80. The second-order valence-corrected chi connectivity index (χ2v) is 11.1. The Morgan fingerprint density at radius 1 is 1.03 bits per heavy atom. The number of nitrogens with zero attached hydrogens (tertiary/aromatic N) is 2. The number of amides is 3. The molecule has 0 spiro atoms. The molecule has 3 saturated heterocycles. The van der Waals surface area contributed by atoms with Crippen LogP contribution in [0, 0.1) is 5.92 Å². The number of hydrogen-bond acceptors (Lipinski definition) is 7. The molecule has 1 unspecified atom stereocenters. The van der Waals surface area contributed by atoms with Crippen LogP contribution in [0.3, 0.4) is 0 Å². The number of imide groups is 1. The molecule has 4 heterocycles. The number of fused-ring (bicyclic) bond motifs is 1. The molecule has 1 aliphatic carbocycles. The summed E-state index contributed by atoms with van der Waals surface area (Å²) in [6.45, 7) is 3.22. The van der Waals surface area contributed by atoms with E-state index in [4.69, 9.17) is 9.47 Å². The molecular weight excluding hydrogens is 462 g/mol. The topological polar surface area (TPSA) is 108 Å². The number of nitrogens with one attached hydrogen (secondary N) is 1. The summed E-state index contributed by atoms with van der Waals surface area (Å²) in [6, 6.07) is 5.23. The van der Waals surface area contributed by atoms with Crippen molar-refractivity contribution in [2.45, 2.75) is 81.7 Å². The Balaban J connectivity index is 1.11.